The van der Waals surface area contributed by atoms with Crippen molar-refractivity contribution in [3.05, 3.63) is 48.2 Å². The van der Waals surface area contributed by atoms with E-state index in [1.54, 1.807) is 18.3 Å². The molecule has 0 radical (unpaired) electrons. The van der Waals surface area contributed by atoms with E-state index >= 15 is 0 Å². The van der Waals surface area contributed by atoms with Crippen LogP contribution in [0.1, 0.15) is 12.5 Å². The smallest absolute Gasteiger partial charge is 0.168 e. The van der Waals surface area contributed by atoms with Crippen molar-refractivity contribution in [3.63, 3.8) is 0 Å². The summed E-state index contributed by atoms with van der Waals surface area (Å²) >= 11 is 0. The molecule has 98 valence electrons. The van der Waals surface area contributed by atoms with Crippen molar-refractivity contribution in [1.82, 2.24) is 14.6 Å². The van der Waals surface area contributed by atoms with Crippen molar-refractivity contribution >= 4 is 5.65 Å². The second-order valence-corrected chi connectivity index (χ2v) is 4.24. The van der Waals surface area contributed by atoms with Gasteiger partial charge in [0.1, 0.15) is 5.75 Å². The van der Waals surface area contributed by atoms with Gasteiger partial charge < -0.3 is 4.74 Å². The summed E-state index contributed by atoms with van der Waals surface area (Å²) in [7, 11) is 0. The molecule has 0 aliphatic heterocycles. The molecule has 0 unspecified atom stereocenters. The Hall–Kier alpha value is -2.87. The molecule has 0 amide bonds. The standard InChI is InChI=1S/C15H12N4O/c1-2-20-13-5-3-12(4-6-13)15-18-17-14-9-11(10-16)7-8-19(14)15/h3-9H,2H2,1H3. The lowest BCUT2D eigenvalue weighted by atomic mass is 10.2. The van der Waals surface area contributed by atoms with Crippen LogP contribution in [0, 0.1) is 11.3 Å². The summed E-state index contributed by atoms with van der Waals surface area (Å²) in [5.41, 5.74) is 2.18. The van der Waals surface area contributed by atoms with E-state index in [0.29, 0.717) is 17.8 Å². The maximum Gasteiger partial charge on any atom is 0.168 e. The molecule has 3 aromatic rings. The van der Waals surface area contributed by atoms with Gasteiger partial charge >= 0.3 is 0 Å². The van der Waals surface area contributed by atoms with Gasteiger partial charge in [-0.15, -0.1) is 10.2 Å². The van der Waals surface area contributed by atoms with E-state index in [9.17, 15) is 0 Å². The van der Waals surface area contributed by atoms with Crippen LogP contribution in [0.25, 0.3) is 17.0 Å². The highest BCUT2D eigenvalue weighted by molar-refractivity contribution is 5.61. The fourth-order valence-corrected chi connectivity index (χ4v) is 2.02. The van der Waals surface area contributed by atoms with E-state index in [4.69, 9.17) is 10.00 Å². The minimum Gasteiger partial charge on any atom is -0.494 e. The summed E-state index contributed by atoms with van der Waals surface area (Å²) in [5, 5.41) is 17.2. The van der Waals surface area contributed by atoms with Gasteiger partial charge in [0.05, 0.1) is 18.2 Å². The van der Waals surface area contributed by atoms with Crippen LogP contribution in [0.3, 0.4) is 0 Å². The Morgan fingerprint density at radius 1 is 1.20 bits per heavy atom. The average Bonchev–Trinajstić information content (AvgIpc) is 2.91. The number of benzene rings is 1. The van der Waals surface area contributed by atoms with Gasteiger partial charge in [-0.3, -0.25) is 4.40 Å². The highest BCUT2D eigenvalue weighted by Gasteiger charge is 2.08. The third kappa shape index (κ3) is 2.08. The molecule has 0 bridgehead atoms. The molecule has 3 rings (SSSR count). The minimum absolute atomic E-state index is 0.572. The van der Waals surface area contributed by atoms with Gasteiger partial charge in [-0.1, -0.05) is 0 Å². The summed E-state index contributed by atoms with van der Waals surface area (Å²) in [5.74, 6) is 1.57. The highest BCUT2D eigenvalue weighted by Crippen LogP contribution is 2.21. The summed E-state index contributed by atoms with van der Waals surface area (Å²) in [6, 6.07) is 13.3. The molecular formula is C15H12N4O. The number of nitriles is 1. The molecule has 0 atom stereocenters. The second kappa shape index (κ2) is 5.02. The maximum atomic E-state index is 8.88. The first-order valence-electron chi connectivity index (χ1n) is 6.30. The van der Waals surface area contributed by atoms with Gasteiger partial charge in [0.25, 0.3) is 0 Å². The van der Waals surface area contributed by atoms with Crippen LogP contribution < -0.4 is 4.74 Å². The molecule has 2 heterocycles. The molecule has 5 heteroatoms. The predicted molar refractivity (Wildman–Crippen MR) is 74.3 cm³/mol. The summed E-state index contributed by atoms with van der Waals surface area (Å²) in [6.45, 7) is 2.59. The van der Waals surface area contributed by atoms with Gasteiger partial charge in [-0.2, -0.15) is 5.26 Å². The van der Waals surface area contributed by atoms with Crippen molar-refractivity contribution in [2.24, 2.45) is 0 Å². The maximum absolute atomic E-state index is 8.88. The van der Waals surface area contributed by atoms with E-state index in [1.165, 1.54) is 0 Å². The lowest BCUT2D eigenvalue weighted by molar-refractivity contribution is 0.340. The van der Waals surface area contributed by atoms with Crippen LogP contribution in [0.4, 0.5) is 0 Å². The highest BCUT2D eigenvalue weighted by atomic mass is 16.5. The van der Waals surface area contributed by atoms with Crippen LogP contribution in [-0.4, -0.2) is 21.2 Å². The average molecular weight is 264 g/mol. The van der Waals surface area contributed by atoms with E-state index in [-0.39, 0.29) is 0 Å². The molecule has 2 aromatic heterocycles. The number of hydrogen-bond donors (Lipinski definition) is 0. The van der Waals surface area contributed by atoms with Crippen molar-refractivity contribution in [1.29, 1.82) is 5.26 Å². The number of nitrogens with zero attached hydrogens (tertiary/aromatic N) is 4. The molecule has 0 spiro atoms. The molecule has 5 nitrogen and oxygen atoms in total. The Balaban J connectivity index is 2.04. The van der Waals surface area contributed by atoms with E-state index < -0.39 is 0 Å². The van der Waals surface area contributed by atoms with Crippen LogP contribution in [-0.2, 0) is 0 Å². The molecule has 0 aliphatic rings. The lowest BCUT2D eigenvalue weighted by Gasteiger charge is -2.04. The number of ether oxygens (including phenoxy) is 1. The quantitative estimate of drug-likeness (QED) is 0.729. The SMILES string of the molecule is CCOc1ccc(-c2nnc3cc(C#N)ccn23)cc1. The minimum atomic E-state index is 0.572. The molecule has 0 fully saturated rings. The first-order chi connectivity index (χ1) is 9.81. The van der Waals surface area contributed by atoms with Crippen molar-refractivity contribution in [2.75, 3.05) is 6.61 Å². The number of hydrogen-bond acceptors (Lipinski definition) is 4. The van der Waals surface area contributed by atoms with Gasteiger partial charge in [-0.25, -0.2) is 0 Å². The largest absolute Gasteiger partial charge is 0.494 e. The number of pyridine rings is 1. The number of rotatable bonds is 3. The molecule has 0 aliphatic carbocycles. The van der Waals surface area contributed by atoms with Crippen LogP contribution in [0.5, 0.6) is 5.75 Å². The topological polar surface area (TPSA) is 63.2 Å². The molecule has 1 aromatic carbocycles. The zero-order chi connectivity index (χ0) is 13.9. The Morgan fingerprint density at radius 3 is 2.70 bits per heavy atom. The normalized spacial score (nSPS) is 10.4. The number of fused-ring (bicyclic) bond motifs is 1. The van der Waals surface area contributed by atoms with Crippen LogP contribution >= 0.6 is 0 Å². The van der Waals surface area contributed by atoms with Gasteiger partial charge in [-0.05, 0) is 37.3 Å². The Labute approximate surface area is 116 Å². The summed E-state index contributed by atoms with van der Waals surface area (Å²) < 4.78 is 7.27. The Bertz CT molecular complexity index is 784. The summed E-state index contributed by atoms with van der Waals surface area (Å²) in [6.07, 6.45) is 1.81. The van der Waals surface area contributed by atoms with Crippen LogP contribution in [0.2, 0.25) is 0 Å². The van der Waals surface area contributed by atoms with Crippen molar-refractivity contribution < 1.29 is 4.74 Å². The van der Waals surface area contributed by atoms with Gasteiger partial charge in [0.15, 0.2) is 11.5 Å². The monoisotopic (exact) mass is 264 g/mol. The summed E-state index contributed by atoms with van der Waals surface area (Å²) in [4.78, 5) is 0. The van der Waals surface area contributed by atoms with Crippen LogP contribution in [0.15, 0.2) is 42.6 Å². The molecular weight excluding hydrogens is 252 g/mol. The molecule has 0 saturated heterocycles. The molecule has 0 N–H and O–H groups in total. The third-order valence-corrected chi connectivity index (χ3v) is 2.96. The zero-order valence-electron chi connectivity index (χ0n) is 10.9. The number of aromatic nitrogens is 3. The molecule has 20 heavy (non-hydrogen) atoms. The van der Waals surface area contributed by atoms with Crippen molar-refractivity contribution in [2.45, 2.75) is 6.92 Å². The Kier molecular flexibility index (Phi) is 3.05. The molecule has 0 saturated carbocycles. The first-order valence-corrected chi connectivity index (χ1v) is 6.30. The van der Waals surface area contributed by atoms with Gasteiger partial charge in [0, 0.05) is 17.8 Å². The van der Waals surface area contributed by atoms with E-state index in [2.05, 4.69) is 16.3 Å². The fraction of sp³-hybridized carbons (Fsp3) is 0.133. The van der Waals surface area contributed by atoms with E-state index in [1.807, 2.05) is 35.6 Å². The van der Waals surface area contributed by atoms with Gasteiger partial charge in [0.2, 0.25) is 0 Å². The first kappa shape index (κ1) is 12.2. The predicted octanol–water partition coefficient (Wildman–Crippen LogP) is 2.67. The lowest BCUT2D eigenvalue weighted by Crippen LogP contribution is -1.92. The van der Waals surface area contributed by atoms with E-state index in [0.717, 1.165) is 17.1 Å². The third-order valence-electron chi connectivity index (χ3n) is 2.96. The van der Waals surface area contributed by atoms with Crippen molar-refractivity contribution in [3.8, 4) is 23.2 Å². The Morgan fingerprint density at radius 2 is 2.00 bits per heavy atom. The zero-order valence-corrected chi connectivity index (χ0v) is 10.9. The fourth-order valence-electron chi connectivity index (χ4n) is 2.02. The second-order valence-electron chi connectivity index (χ2n) is 4.24.